The molecule has 2 saturated heterocycles. The van der Waals surface area contributed by atoms with Crippen LogP contribution in [0.4, 0.5) is 25.8 Å². The van der Waals surface area contributed by atoms with Crippen LogP contribution in [0.1, 0.15) is 39.5 Å². The van der Waals surface area contributed by atoms with Crippen molar-refractivity contribution in [2.45, 2.75) is 25.6 Å². The molecule has 5 amide bonds. The number of phenols is 1. The van der Waals surface area contributed by atoms with Gasteiger partial charge in [-0.15, -0.1) is 21.5 Å². The Morgan fingerprint density at radius 1 is 0.963 bits per heavy atom. The lowest BCUT2D eigenvalue weighted by Gasteiger charge is -2.36. The third kappa shape index (κ3) is 6.95. The zero-order valence-electron chi connectivity index (χ0n) is 28.8. The number of para-hydroxylation sites is 1. The molecule has 14 nitrogen and oxygen atoms in total. The molecule has 0 spiro atoms. The summed E-state index contributed by atoms with van der Waals surface area (Å²) in [5.74, 6) is -1.60. The molecule has 54 heavy (non-hydrogen) atoms. The van der Waals surface area contributed by atoms with Crippen LogP contribution in [0.3, 0.4) is 0 Å². The highest BCUT2D eigenvalue weighted by Crippen LogP contribution is 2.38. The van der Waals surface area contributed by atoms with E-state index in [1.807, 2.05) is 42.5 Å². The number of hydrogen-bond donors (Lipinski definition) is 3. The number of carbonyl (C=O) groups excluding carboxylic acids is 4. The number of phenolic OH excluding ortho intramolecular Hbond substituents is 1. The number of amides is 5. The smallest absolute Gasteiger partial charge is 0.328 e. The van der Waals surface area contributed by atoms with Gasteiger partial charge in [0.15, 0.2) is 10.9 Å². The second-order valence-electron chi connectivity index (χ2n) is 13.2. The molecule has 3 aliphatic heterocycles. The minimum absolute atomic E-state index is 0.0391. The Balaban J connectivity index is 0.937. The number of fused-ring (bicyclic) bond motifs is 1. The number of piperazine rings is 1. The maximum atomic E-state index is 14.4. The molecule has 5 heterocycles. The molecule has 8 rings (SSSR count). The second kappa shape index (κ2) is 14.6. The first kappa shape index (κ1) is 34.8. The van der Waals surface area contributed by atoms with Gasteiger partial charge >= 0.3 is 6.03 Å². The van der Waals surface area contributed by atoms with Gasteiger partial charge in [-0.05, 0) is 53.6 Å². The van der Waals surface area contributed by atoms with Crippen LogP contribution >= 0.6 is 11.3 Å². The number of benzene rings is 3. The van der Waals surface area contributed by atoms with Crippen LogP contribution in [0.25, 0.3) is 11.3 Å². The normalized spacial score (nSPS) is 16.7. The standard InChI is InChI=1S/C38H34FN9O5S/c39-26-7-9-31(49)28(20-26)34(35(51)42-37-40-12-18-54-37)48-22-24-6-5-23(19-27(24)36(48)52)29-8-10-32(44-43-29)46-16-14-45(15-17-46)21-25-3-1-2-4-30(25)47-13-11-33(50)41-38(47)53/h1-10,12,18-20,34,49H,11,13-17,21-22H2,(H,40,42,51)(H,41,50,53). The number of carbonyl (C=O) groups is 4. The number of imide groups is 1. The zero-order chi connectivity index (χ0) is 37.3. The van der Waals surface area contributed by atoms with Crippen molar-refractivity contribution in [3.05, 3.63) is 112 Å². The van der Waals surface area contributed by atoms with Gasteiger partial charge in [-0.2, -0.15) is 0 Å². The highest BCUT2D eigenvalue weighted by atomic mass is 32.1. The summed E-state index contributed by atoms with van der Waals surface area (Å²) in [4.78, 5) is 63.2. The highest BCUT2D eigenvalue weighted by Gasteiger charge is 2.39. The number of thiazole rings is 1. The third-order valence-corrected chi connectivity index (χ3v) is 10.5. The van der Waals surface area contributed by atoms with Crippen LogP contribution in [0.15, 0.2) is 84.4 Å². The summed E-state index contributed by atoms with van der Waals surface area (Å²) >= 11 is 1.19. The molecule has 274 valence electrons. The Morgan fingerprint density at radius 2 is 1.80 bits per heavy atom. The summed E-state index contributed by atoms with van der Waals surface area (Å²) < 4.78 is 14.4. The fourth-order valence-corrected chi connectivity index (χ4v) is 7.60. The van der Waals surface area contributed by atoms with E-state index in [1.165, 1.54) is 22.4 Å². The average molecular weight is 748 g/mol. The highest BCUT2D eigenvalue weighted by molar-refractivity contribution is 7.13. The van der Waals surface area contributed by atoms with Crippen LogP contribution in [0.5, 0.6) is 5.75 Å². The molecule has 0 bridgehead atoms. The summed E-state index contributed by atoms with van der Waals surface area (Å²) in [5, 5.41) is 26.7. The van der Waals surface area contributed by atoms with Gasteiger partial charge in [0, 0.05) is 86.2 Å². The first-order chi connectivity index (χ1) is 26.2. The van der Waals surface area contributed by atoms with Crippen LogP contribution in [-0.2, 0) is 22.7 Å². The number of rotatable bonds is 9. The monoisotopic (exact) mass is 747 g/mol. The minimum atomic E-state index is -1.33. The molecule has 3 aliphatic rings. The molecular formula is C38H34FN9O5S. The van der Waals surface area contributed by atoms with E-state index >= 15 is 0 Å². The lowest BCUT2D eigenvalue weighted by atomic mass is 10.0. The van der Waals surface area contributed by atoms with Crippen LogP contribution in [-0.4, -0.2) is 86.6 Å². The van der Waals surface area contributed by atoms with Crippen LogP contribution < -0.4 is 20.4 Å². The number of nitrogens with one attached hydrogen (secondary N) is 2. The molecular weight excluding hydrogens is 714 g/mol. The number of hydrogen-bond acceptors (Lipinski definition) is 11. The molecule has 2 aromatic heterocycles. The van der Waals surface area contributed by atoms with Crippen molar-refractivity contribution in [1.82, 2.24) is 30.3 Å². The van der Waals surface area contributed by atoms with Crippen molar-refractivity contribution >= 4 is 51.7 Å². The van der Waals surface area contributed by atoms with E-state index in [2.05, 4.69) is 35.6 Å². The number of anilines is 3. The molecule has 1 atom stereocenters. The number of halogens is 1. The third-order valence-electron chi connectivity index (χ3n) is 9.82. The molecule has 5 aromatic rings. The lowest BCUT2D eigenvalue weighted by Crippen LogP contribution is -2.50. The first-order valence-electron chi connectivity index (χ1n) is 17.3. The molecule has 1 unspecified atom stereocenters. The van der Waals surface area contributed by atoms with E-state index in [-0.39, 0.29) is 30.2 Å². The zero-order valence-corrected chi connectivity index (χ0v) is 29.6. The fourth-order valence-electron chi connectivity index (χ4n) is 7.07. The van der Waals surface area contributed by atoms with Crippen LogP contribution in [0, 0.1) is 5.82 Å². The number of aromatic nitrogens is 3. The van der Waals surface area contributed by atoms with Crippen LogP contribution in [0.2, 0.25) is 0 Å². The quantitative estimate of drug-likeness (QED) is 0.195. The lowest BCUT2D eigenvalue weighted by molar-refractivity contribution is -0.121. The number of aromatic hydroxyl groups is 1. The molecule has 0 radical (unpaired) electrons. The van der Waals surface area contributed by atoms with Gasteiger partial charge in [0.2, 0.25) is 5.91 Å². The van der Waals surface area contributed by atoms with E-state index in [4.69, 9.17) is 0 Å². The van der Waals surface area contributed by atoms with Gasteiger partial charge in [-0.1, -0.05) is 30.3 Å². The number of urea groups is 1. The van der Waals surface area contributed by atoms with E-state index in [9.17, 15) is 28.7 Å². The summed E-state index contributed by atoms with van der Waals surface area (Å²) in [7, 11) is 0. The fraction of sp³-hybridized carbons (Fsp3) is 0.237. The van der Waals surface area contributed by atoms with Crippen molar-refractivity contribution in [2.75, 3.05) is 47.8 Å². The Hall–Kier alpha value is -6.26. The Morgan fingerprint density at radius 3 is 2.56 bits per heavy atom. The van der Waals surface area contributed by atoms with E-state index in [0.29, 0.717) is 40.6 Å². The molecule has 3 aromatic carbocycles. The van der Waals surface area contributed by atoms with Gasteiger partial charge in [0.1, 0.15) is 17.6 Å². The van der Waals surface area contributed by atoms with E-state index < -0.39 is 29.7 Å². The molecule has 2 fully saturated rings. The maximum Gasteiger partial charge on any atom is 0.328 e. The largest absolute Gasteiger partial charge is 0.508 e. The second-order valence-corrected chi connectivity index (χ2v) is 14.1. The summed E-state index contributed by atoms with van der Waals surface area (Å²) in [6.07, 6.45) is 1.79. The molecule has 0 saturated carbocycles. The summed E-state index contributed by atoms with van der Waals surface area (Å²) in [6.45, 7) is 4.04. The maximum absolute atomic E-state index is 14.4. The van der Waals surface area contributed by atoms with Crippen molar-refractivity contribution < 1.29 is 28.7 Å². The van der Waals surface area contributed by atoms with Gasteiger partial charge in [-0.3, -0.25) is 34.8 Å². The minimum Gasteiger partial charge on any atom is -0.508 e. The Labute approximate surface area is 312 Å². The Kier molecular flexibility index (Phi) is 9.43. The topological polar surface area (TPSA) is 164 Å². The van der Waals surface area contributed by atoms with Gasteiger partial charge in [-0.25, -0.2) is 14.2 Å². The predicted molar refractivity (Wildman–Crippen MR) is 198 cm³/mol. The average Bonchev–Trinajstić information content (AvgIpc) is 3.81. The van der Waals surface area contributed by atoms with Crippen molar-refractivity contribution in [1.29, 1.82) is 0 Å². The predicted octanol–water partition coefficient (Wildman–Crippen LogP) is 4.55. The van der Waals surface area contributed by atoms with E-state index in [0.717, 1.165) is 61.4 Å². The van der Waals surface area contributed by atoms with E-state index in [1.54, 1.807) is 22.4 Å². The van der Waals surface area contributed by atoms with Crippen molar-refractivity contribution in [3.63, 3.8) is 0 Å². The van der Waals surface area contributed by atoms with Crippen molar-refractivity contribution in [3.8, 4) is 17.0 Å². The molecule has 0 aliphatic carbocycles. The number of nitrogens with zero attached hydrogens (tertiary/aromatic N) is 7. The summed E-state index contributed by atoms with van der Waals surface area (Å²) in [5.41, 5.74) is 4.04. The van der Waals surface area contributed by atoms with Crippen molar-refractivity contribution in [2.24, 2.45) is 0 Å². The van der Waals surface area contributed by atoms with Gasteiger partial charge in [0.05, 0.1) is 5.69 Å². The molecule has 3 N–H and O–H groups in total. The first-order valence-corrected chi connectivity index (χ1v) is 18.2. The summed E-state index contributed by atoms with van der Waals surface area (Å²) in [6, 6.07) is 18.4. The molecule has 16 heteroatoms. The van der Waals surface area contributed by atoms with Gasteiger partial charge < -0.3 is 14.9 Å². The van der Waals surface area contributed by atoms with Gasteiger partial charge in [0.25, 0.3) is 11.8 Å². The Bertz CT molecular complexity index is 2250. The SMILES string of the molecule is O=C1CCN(c2ccccc2CN2CCN(c3ccc(-c4ccc5c(c4)C(=O)N(C(C(=O)Nc4nccs4)c4cc(F)ccc4O)C5)nn3)CC2)C(=O)N1.